The van der Waals surface area contributed by atoms with E-state index in [1.807, 2.05) is 6.92 Å². The largest absolute Gasteiger partial charge is 0.466 e. The molecule has 0 radical (unpaired) electrons. The van der Waals surface area contributed by atoms with Gasteiger partial charge in [0.25, 0.3) is 0 Å². The molecule has 1 heterocycles. The standard InChI is InChI=1S/C12H19NO3/c1-3-10(12(15)16-2)7-9-13-8-5-4-6-11(13)14/h7H,3-6,8-9H2,1-2H3. The van der Waals surface area contributed by atoms with Gasteiger partial charge in [-0.05, 0) is 19.3 Å². The zero-order valence-corrected chi connectivity index (χ0v) is 9.99. The number of nitrogens with zero attached hydrogens (tertiary/aromatic N) is 1. The van der Waals surface area contributed by atoms with Crippen molar-refractivity contribution in [2.24, 2.45) is 0 Å². The number of hydrogen-bond donors (Lipinski definition) is 0. The maximum atomic E-state index is 11.5. The number of ether oxygens (including phenoxy) is 1. The van der Waals surface area contributed by atoms with Crippen LogP contribution in [-0.2, 0) is 14.3 Å². The number of methoxy groups -OCH3 is 1. The molecule has 1 aliphatic rings. The van der Waals surface area contributed by atoms with E-state index >= 15 is 0 Å². The minimum absolute atomic E-state index is 0.183. The Balaban J connectivity index is 2.55. The predicted molar refractivity (Wildman–Crippen MR) is 60.8 cm³/mol. The quantitative estimate of drug-likeness (QED) is 0.538. The third-order valence-electron chi connectivity index (χ3n) is 2.81. The summed E-state index contributed by atoms with van der Waals surface area (Å²) in [5, 5.41) is 0. The van der Waals surface area contributed by atoms with Gasteiger partial charge in [0.1, 0.15) is 0 Å². The molecule has 0 atom stereocenters. The highest BCUT2D eigenvalue weighted by Gasteiger charge is 2.17. The summed E-state index contributed by atoms with van der Waals surface area (Å²) >= 11 is 0. The molecule has 4 nitrogen and oxygen atoms in total. The number of hydrogen-bond acceptors (Lipinski definition) is 3. The Morgan fingerprint density at radius 3 is 2.81 bits per heavy atom. The van der Waals surface area contributed by atoms with E-state index in [0.717, 1.165) is 19.4 Å². The van der Waals surface area contributed by atoms with Crippen LogP contribution < -0.4 is 0 Å². The maximum absolute atomic E-state index is 11.5. The van der Waals surface area contributed by atoms with Crippen molar-refractivity contribution in [3.05, 3.63) is 11.6 Å². The first-order chi connectivity index (χ1) is 7.69. The van der Waals surface area contributed by atoms with E-state index in [0.29, 0.717) is 25.0 Å². The lowest BCUT2D eigenvalue weighted by Crippen LogP contribution is -2.35. The van der Waals surface area contributed by atoms with Gasteiger partial charge in [0, 0.05) is 25.1 Å². The Labute approximate surface area is 96.3 Å². The van der Waals surface area contributed by atoms with Gasteiger partial charge in [0.2, 0.25) is 5.91 Å². The summed E-state index contributed by atoms with van der Waals surface area (Å²) in [7, 11) is 1.37. The Morgan fingerprint density at radius 2 is 2.25 bits per heavy atom. The van der Waals surface area contributed by atoms with Crippen LogP contribution in [0.4, 0.5) is 0 Å². The van der Waals surface area contributed by atoms with Crippen LogP contribution in [-0.4, -0.2) is 37.0 Å². The second-order valence-electron chi connectivity index (χ2n) is 3.87. The van der Waals surface area contributed by atoms with E-state index < -0.39 is 0 Å². The number of esters is 1. The van der Waals surface area contributed by atoms with Crippen molar-refractivity contribution in [1.82, 2.24) is 4.90 Å². The zero-order chi connectivity index (χ0) is 12.0. The van der Waals surface area contributed by atoms with E-state index in [1.54, 1.807) is 11.0 Å². The van der Waals surface area contributed by atoms with Gasteiger partial charge in [-0.25, -0.2) is 4.79 Å². The number of piperidine rings is 1. The molecule has 1 amide bonds. The summed E-state index contributed by atoms with van der Waals surface area (Å²) in [5.41, 5.74) is 0.640. The van der Waals surface area contributed by atoms with Crippen molar-refractivity contribution < 1.29 is 14.3 Å². The molecule has 1 fully saturated rings. The molecule has 16 heavy (non-hydrogen) atoms. The van der Waals surface area contributed by atoms with Gasteiger partial charge in [-0.15, -0.1) is 0 Å². The SMILES string of the molecule is CCC(=CCN1CCCCC1=O)C(=O)OC. The predicted octanol–water partition coefficient (Wildman–Crippen LogP) is 1.51. The van der Waals surface area contributed by atoms with E-state index in [4.69, 9.17) is 0 Å². The van der Waals surface area contributed by atoms with Gasteiger partial charge in [-0.2, -0.15) is 0 Å². The molecule has 90 valence electrons. The third-order valence-corrected chi connectivity index (χ3v) is 2.81. The smallest absolute Gasteiger partial charge is 0.333 e. The monoisotopic (exact) mass is 225 g/mol. The molecule has 0 aromatic heterocycles. The highest BCUT2D eigenvalue weighted by Crippen LogP contribution is 2.11. The minimum atomic E-state index is -0.299. The fourth-order valence-electron chi connectivity index (χ4n) is 1.78. The highest BCUT2D eigenvalue weighted by molar-refractivity contribution is 5.88. The first-order valence-electron chi connectivity index (χ1n) is 5.74. The molecule has 0 spiro atoms. The average molecular weight is 225 g/mol. The van der Waals surface area contributed by atoms with Crippen LogP contribution in [0.3, 0.4) is 0 Å². The molecule has 0 aliphatic carbocycles. The fourth-order valence-corrected chi connectivity index (χ4v) is 1.78. The van der Waals surface area contributed by atoms with Crippen molar-refractivity contribution in [1.29, 1.82) is 0 Å². The van der Waals surface area contributed by atoms with E-state index in [2.05, 4.69) is 4.74 Å². The van der Waals surface area contributed by atoms with Crippen molar-refractivity contribution in [2.45, 2.75) is 32.6 Å². The summed E-state index contributed by atoms with van der Waals surface area (Å²) in [6.07, 6.45) is 5.10. The average Bonchev–Trinajstić information content (AvgIpc) is 2.31. The summed E-state index contributed by atoms with van der Waals surface area (Å²) < 4.78 is 4.66. The first kappa shape index (κ1) is 12.7. The topological polar surface area (TPSA) is 46.6 Å². The number of rotatable bonds is 4. The zero-order valence-electron chi connectivity index (χ0n) is 9.99. The second-order valence-corrected chi connectivity index (χ2v) is 3.87. The normalized spacial score (nSPS) is 17.5. The van der Waals surface area contributed by atoms with Gasteiger partial charge in [-0.1, -0.05) is 13.0 Å². The molecule has 0 unspecified atom stereocenters. The molecule has 0 aromatic carbocycles. The van der Waals surface area contributed by atoms with Crippen molar-refractivity contribution >= 4 is 11.9 Å². The Bertz CT molecular complexity index is 297. The Morgan fingerprint density at radius 1 is 1.50 bits per heavy atom. The molecule has 0 bridgehead atoms. The van der Waals surface area contributed by atoms with Crippen LogP contribution in [0, 0.1) is 0 Å². The maximum Gasteiger partial charge on any atom is 0.333 e. The number of carbonyl (C=O) groups is 2. The van der Waals surface area contributed by atoms with Crippen LogP contribution in [0.5, 0.6) is 0 Å². The van der Waals surface area contributed by atoms with Crippen LogP contribution in [0.15, 0.2) is 11.6 Å². The lowest BCUT2D eigenvalue weighted by molar-refractivity contribution is -0.136. The molecule has 1 rings (SSSR count). The summed E-state index contributed by atoms with van der Waals surface area (Å²) in [6.45, 7) is 3.23. The number of carbonyl (C=O) groups excluding carboxylic acids is 2. The van der Waals surface area contributed by atoms with Gasteiger partial charge in [0.05, 0.1) is 7.11 Å². The van der Waals surface area contributed by atoms with Crippen molar-refractivity contribution in [2.75, 3.05) is 20.2 Å². The third kappa shape index (κ3) is 3.36. The van der Waals surface area contributed by atoms with E-state index in [1.165, 1.54) is 7.11 Å². The Hall–Kier alpha value is -1.32. The van der Waals surface area contributed by atoms with Crippen molar-refractivity contribution in [3.63, 3.8) is 0 Å². The molecular formula is C12H19NO3. The Kier molecular flexibility index (Phi) is 5.02. The molecular weight excluding hydrogens is 206 g/mol. The lowest BCUT2D eigenvalue weighted by Gasteiger charge is -2.25. The van der Waals surface area contributed by atoms with Crippen molar-refractivity contribution in [3.8, 4) is 0 Å². The highest BCUT2D eigenvalue weighted by atomic mass is 16.5. The van der Waals surface area contributed by atoms with Crippen LogP contribution >= 0.6 is 0 Å². The summed E-state index contributed by atoms with van der Waals surface area (Å²) in [5.74, 6) is -0.116. The first-order valence-corrected chi connectivity index (χ1v) is 5.74. The lowest BCUT2D eigenvalue weighted by atomic mass is 10.1. The molecule has 0 saturated carbocycles. The summed E-state index contributed by atoms with van der Waals surface area (Å²) in [6, 6.07) is 0. The minimum Gasteiger partial charge on any atom is -0.466 e. The molecule has 1 aliphatic heterocycles. The van der Waals surface area contributed by atoms with Crippen LogP contribution in [0.2, 0.25) is 0 Å². The molecule has 0 aromatic rings. The van der Waals surface area contributed by atoms with Gasteiger partial charge in [-0.3, -0.25) is 4.79 Å². The molecule has 4 heteroatoms. The fraction of sp³-hybridized carbons (Fsp3) is 0.667. The van der Waals surface area contributed by atoms with E-state index in [-0.39, 0.29) is 11.9 Å². The van der Waals surface area contributed by atoms with Gasteiger partial charge in [0.15, 0.2) is 0 Å². The van der Waals surface area contributed by atoms with E-state index in [9.17, 15) is 9.59 Å². The number of amides is 1. The van der Waals surface area contributed by atoms with Gasteiger partial charge < -0.3 is 9.64 Å². The molecule has 0 N–H and O–H groups in total. The van der Waals surface area contributed by atoms with Gasteiger partial charge >= 0.3 is 5.97 Å². The second kappa shape index (κ2) is 6.30. The van der Waals surface area contributed by atoms with Crippen LogP contribution in [0.25, 0.3) is 0 Å². The molecule has 1 saturated heterocycles. The number of likely N-dealkylation sites (tertiary alicyclic amines) is 1. The van der Waals surface area contributed by atoms with Crippen LogP contribution in [0.1, 0.15) is 32.6 Å². The summed E-state index contributed by atoms with van der Waals surface area (Å²) in [4.78, 5) is 24.6.